The van der Waals surface area contributed by atoms with Crippen molar-refractivity contribution < 1.29 is 24.2 Å². The molecule has 0 aromatic heterocycles. The lowest BCUT2D eigenvalue weighted by Gasteiger charge is -2.10. The van der Waals surface area contributed by atoms with Crippen molar-refractivity contribution in [3.8, 4) is 11.5 Å². The van der Waals surface area contributed by atoms with Crippen LogP contribution in [0, 0.1) is 0 Å². The molecule has 0 saturated carbocycles. The number of aromatic hydroxyl groups is 1. The third-order valence-corrected chi connectivity index (χ3v) is 3.53. The van der Waals surface area contributed by atoms with Crippen LogP contribution in [0.25, 0.3) is 0 Å². The molecule has 0 saturated heterocycles. The van der Waals surface area contributed by atoms with Crippen LogP contribution in [-0.4, -0.2) is 37.1 Å². The molecule has 0 spiro atoms. The minimum absolute atomic E-state index is 0.141. The smallest absolute Gasteiger partial charge is 0.228 e. The zero-order valence-electron chi connectivity index (χ0n) is 14.2. The zero-order chi connectivity index (χ0) is 18.2. The average molecular weight is 343 g/mol. The maximum absolute atomic E-state index is 12.2. The van der Waals surface area contributed by atoms with Crippen LogP contribution in [0.5, 0.6) is 11.5 Å². The second-order valence-corrected chi connectivity index (χ2v) is 5.47. The van der Waals surface area contributed by atoms with Crippen LogP contribution in [0.4, 0.5) is 5.69 Å². The standard InChI is InChI=1S/C19H21NO5/c1-13(21)16-4-3-5-17(19(16)23)20-18(22)12-14-6-8-15(9-7-14)25-11-10-24-2/h3-9,23H,10-12H2,1-2H3,(H,20,22). The summed E-state index contributed by atoms with van der Waals surface area (Å²) in [7, 11) is 1.61. The Balaban J connectivity index is 1.96. The van der Waals surface area contributed by atoms with Crippen molar-refractivity contribution in [2.45, 2.75) is 13.3 Å². The van der Waals surface area contributed by atoms with Crippen molar-refractivity contribution >= 4 is 17.4 Å². The van der Waals surface area contributed by atoms with Crippen LogP contribution in [0.1, 0.15) is 22.8 Å². The van der Waals surface area contributed by atoms with Gasteiger partial charge in [-0.05, 0) is 36.8 Å². The highest BCUT2D eigenvalue weighted by molar-refractivity contribution is 6.01. The molecule has 0 atom stereocenters. The number of amides is 1. The van der Waals surface area contributed by atoms with E-state index < -0.39 is 0 Å². The predicted molar refractivity (Wildman–Crippen MR) is 94.3 cm³/mol. The van der Waals surface area contributed by atoms with E-state index in [0.29, 0.717) is 19.0 Å². The van der Waals surface area contributed by atoms with E-state index in [0.717, 1.165) is 5.56 Å². The SMILES string of the molecule is COCCOc1ccc(CC(=O)Nc2cccc(C(C)=O)c2O)cc1. The van der Waals surface area contributed by atoms with Gasteiger partial charge in [-0.2, -0.15) is 0 Å². The van der Waals surface area contributed by atoms with Crippen LogP contribution in [-0.2, 0) is 16.0 Å². The van der Waals surface area contributed by atoms with Gasteiger partial charge in [0, 0.05) is 7.11 Å². The van der Waals surface area contributed by atoms with Gasteiger partial charge in [-0.25, -0.2) is 0 Å². The minimum Gasteiger partial charge on any atom is -0.505 e. The van der Waals surface area contributed by atoms with Gasteiger partial charge in [-0.1, -0.05) is 18.2 Å². The lowest BCUT2D eigenvalue weighted by atomic mass is 10.1. The van der Waals surface area contributed by atoms with Crippen molar-refractivity contribution in [3.05, 3.63) is 53.6 Å². The summed E-state index contributed by atoms with van der Waals surface area (Å²) in [6.45, 7) is 2.33. The Morgan fingerprint density at radius 3 is 2.44 bits per heavy atom. The number of hydrogen-bond acceptors (Lipinski definition) is 5. The number of carbonyl (C=O) groups is 2. The fourth-order valence-electron chi connectivity index (χ4n) is 2.25. The molecule has 132 valence electrons. The highest BCUT2D eigenvalue weighted by Gasteiger charge is 2.13. The molecule has 2 aromatic carbocycles. The van der Waals surface area contributed by atoms with Crippen LogP contribution in [0.15, 0.2) is 42.5 Å². The molecule has 6 nitrogen and oxygen atoms in total. The highest BCUT2D eigenvalue weighted by Crippen LogP contribution is 2.27. The number of anilines is 1. The zero-order valence-corrected chi connectivity index (χ0v) is 14.2. The van der Waals surface area contributed by atoms with Gasteiger partial charge in [0.2, 0.25) is 5.91 Å². The Morgan fingerprint density at radius 2 is 1.80 bits per heavy atom. The monoisotopic (exact) mass is 343 g/mol. The average Bonchev–Trinajstić information content (AvgIpc) is 2.58. The second-order valence-electron chi connectivity index (χ2n) is 5.47. The van der Waals surface area contributed by atoms with E-state index >= 15 is 0 Å². The van der Waals surface area contributed by atoms with Crippen LogP contribution >= 0.6 is 0 Å². The minimum atomic E-state index is -0.288. The molecule has 0 aliphatic rings. The summed E-state index contributed by atoms with van der Waals surface area (Å²) in [5.41, 5.74) is 1.20. The first-order valence-electron chi connectivity index (χ1n) is 7.84. The Labute approximate surface area is 146 Å². The number of rotatable bonds is 8. The van der Waals surface area contributed by atoms with Crippen molar-refractivity contribution in [1.29, 1.82) is 0 Å². The third-order valence-electron chi connectivity index (χ3n) is 3.53. The maximum Gasteiger partial charge on any atom is 0.228 e. The largest absolute Gasteiger partial charge is 0.505 e. The summed E-state index contributed by atoms with van der Waals surface area (Å²) in [6.07, 6.45) is 0.141. The molecule has 0 fully saturated rings. The number of benzene rings is 2. The van der Waals surface area contributed by atoms with Crippen molar-refractivity contribution in [2.75, 3.05) is 25.6 Å². The molecule has 0 aliphatic carbocycles. The number of carbonyl (C=O) groups excluding carboxylic acids is 2. The Hall–Kier alpha value is -2.86. The van der Waals surface area contributed by atoms with Gasteiger partial charge in [-0.15, -0.1) is 0 Å². The van der Waals surface area contributed by atoms with E-state index in [1.165, 1.54) is 13.0 Å². The molecular weight excluding hydrogens is 322 g/mol. The first-order valence-corrected chi connectivity index (χ1v) is 7.84. The number of nitrogens with one attached hydrogen (secondary N) is 1. The van der Waals surface area contributed by atoms with Crippen LogP contribution in [0.2, 0.25) is 0 Å². The molecule has 2 N–H and O–H groups in total. The third kappa shape index (κ3) is 5.32. The van der Waals surface area contributed by atoms with Gasteiger partial charge in [0.15, 0.2) is 5.78 Å². The molecule has 0 radical (unpaired) electrons. The van der Waals surface area contributed by atoms with Crippen molar-refractivity contribution in [3.63, 3.8) is 0 Å². The lowest BCUT2D eigenvalue weighted by Crippen LogP contribution is -2.15. The molecule has 0 heterocycles. The second kappa shape index (κ2) is 8.84. The summed E-state index contributed by atoms with van der Waals surface area (Å²) in [6, 6.07) is 11.8. The molecule has 1 amide bonds. The molecule has 6 heteroatoms. The number of Topliss-reactive ketones (excluding diaryl/α,β-unsaturated/α-hetero) is 1. The number of phenolic OH excluding ortho intramolecular Hbond substituents is 1. The van der Waals surface area contributed by atoms with E-state index in [-0.39, 0.29) is 35.1 Å². The Bertz CT molecular complexity index is 740. The molecule has 0 unspecified atom stereocenters. The van der Waals surface area contributed by atoms with Crippen LogP contribution in [0.3, 0.4) is 0 Å². The van der Waals surface area contributed by atoms with E-state index in [2.05, 4.69) is 5.32 Å². The number of ether oxygens (including phenoxy) is 2. The molecule has 2 rings (SSSR count). The Kier molecular flexibility index (Phi) is 6.54. The van der Waals surface area contributed by atoms with Gasteiger partial charge in [-0.3, -0.25) is 9.59 Å². The van der Waals surface area contributed by atoms with Gasteiger partial charge >= 0.3 is 0 Å². The van der Waals surface area contributed by atoms with E-state index in [4.69, 9.17) is 9.47 Å². The highest BCUT2D eigenvalue weighted by atomic mass is 16.5. The number of methoxy groups -OCH3 is 1. The Morgan fingerprint density at radius 1 is 1.08 bits per heavy atom. The number of phenols is 1. The van der Waals surface area contributed by atoms with Crippen LogP contribution < -0.4 is 10.1 Å². The lowest BCUT2D eigenvalue weighted by molar-refractivity contribution is -0.115. The fraction of sp³-hybridized carbons (Fsp3) is 0.263. The topological polar surface area (TPSA) is 84.9 Å². The molecule has 0 aliphatic heterocycles. The van der Waals surface area contributed by atoms with Crippen molar-refractivity contribution in [2.24, 2.45) is 0 Å². The first-order chi connectivity index (χ1) is 12.0. The first kappa shape index (κ1) is 18.5. The summed E-state index contributed by atoms with van der Waals surface area (Å²) in [5.74, 6) is -0.0695. The van der Waals surface area contributed by atoms with Gasteiger partial charge in [0.1, 0.15) is 18.1 Å². The van der Waals surface area contributed by atoms with E-state index in [9.17, 15) is 14.7 Å². The number of hydrogen-bond donors (Lipinski definition) is 2. The van der Waals surface area contributed by atoms with Gasteiger partial charge < -0.3 is 19.9 Å². The van der Waals surface area contributed by atoms with E-state index in [1.807, 2.05) is 0 Å². The molecular formula is C19H21NO5. The summed E-state index contributed by atoms with van der Waals surface area (Å²) >= 11 is 0. The summed E-state index contributed by atoms with van der Waals surface area (Å²) in [5, 5.41) is 12.7. The van der Waals surface area contributed by atoms with E-state index in [1.54, 1.807) is 43.5 Å². The quantitative estimate of drug-likeness (QED) is 0.437. The summed E-state index contributed by atoms with van der Waals surface area (Å²) < 4.78 is 10.4. The van der Waals surface area contributed by atoms with Gasteiger partial charge in [0.25, 0.3) is 0 Å². The normalized spacial score (nSPS) is 10.3. The van der Waals surface area contributed by atoms with Gasteiger partial charge in [0.05, 0.1) is 24.3 Å². The molecule has 0 bridgehead atoms. The number of para-hydroxylation sites is 1. The predicted octanol–water partition coefficient (Wildman–Crippen LogP) is 2.80. The van der Waals surface area contributed by atoms with Crippen molar-refractivity contribution in [1.82, 2.24) is 0 Å². The summed E-state index contributed by atoms with van der Waals surface area (Å²) in [4.78, 5) is 23.6. The molecule has 2 aromatic rings. The fourth-order valence-corrected chi connectivity index (χ4v) is 2.25. The number of ketones is 1. The molecule has 25 heavy (non-hydrogen) atoms. The maximum atomic E-state index is 12.2.